The summed E-state index contributed by atoms with van der Waals surface area (Å²) in [6, 6.07) is 12.2. The first-order valence-corrected chi connectivity index (χ1v) is 10.9. The number of para-hydroxylation sites is 1. The van der Waals surface area contributed by atoms with E-state index < -0.39 is 28.3 Å². The minimum atomic E-state index is -3.88. The van der Waals surface area contributed by atoms with Crippen molar-refractivity contribution in [3.63, 3.8) is 0 Å². The monoisotopic (exact) mass is 440 g/mol. The van der Waals surface area contributed by atoms with Crippen molar-refractivity contribution in [3.8, 4) is 10.6 Å². The molecule has 0 aliphatic rings. The van der Waals surface area contributed by atoms with Crippen molar-refractivity contribution in [1.82, 2.24) is 10.2 Å². The number of hydrogen-bond donors (Lipinski definition) is 1. The molecular weight excluding hydrogens is 427 g/mol. The number of carbonyl (C=O) groups is 1. The van der Waals surface area contributed by atoms with Crippen molar-refractivity contribution in [2.45, 2.75) is 0 Å². The lowest BCUT2D eigenvalue weighted by atomic mass is 10.2. The van der Waals surface area contributed by atoms with Crippen molar-refractivity contribution in [2.75, 3.05) is 22.4 Å². The molecule has 1 amide bonds. The number of hydrogen-bond acceptors (Lipinski definition) is 6. The predicted octanol–water partition coefficient (Wildman–Crippen LogP) is 3.40. The second kappa shape index (κ2) is 8.21. The maximum absolute atomic E-state index is 14.0. The molecule has 0 saturated carbocycles. The molecule has 1 heterocycles. The maximum Gasteiger partial charge on any atom is 0.246 e. The average Bonchev–Trinajstić information content (AvgIpc) is 3.08. The third kappa shape index (κ3) is 4.83. The number of sulfonamides is 1. The Morgan fingerprint density at radius 2 is 1.86 bits per heavy atom. The van der Waals surface area contributed by atoms with Gasteiger partial charge in [0.15, 0.2) is 0 Å². The number of anilines is 2. The molecule has 28 heavy (non-hydrogen) atoms. The molecule has 1 aromatic heterocycles. The van der Waals surface area contributed by atoms with E-state index in [1.54, 1.807) is 24.3 Å². The van der Waals surface area contributed by atoms with E-state index >= 15 is 0 Å². The van der Waals surface area contributed by atoms with Gasteiger partial charge in [0.05, 0.1) is 11.9 Å². The van der Waals surface area contributed by atoms with Gasteiger partial charge >= 0.3 is 0 Å². The van der Waals surface area contributed by atoms with Crippen LogP contribution < -0.4 is 9.62 Å². The van der Waals surface area contributed by atoms with Crippen molar-refractivity contribution < 1.29 is 17.6 Å². The van der Waals surface area contributed by atoms with Crippen molar-refractivity contribution in [1.29, 1.82) is 0 Å². The molecule has 146 valence electrons. The number of rotatable bonds is 6. The molecule has 0 unspecified atom stereocenters. The molecule has 0 spiro atoms. The topological polar surface area (TPSA) is 92.3 Å². The minimum absolute atomic E-state index is 0.192. The van der Waals surface area contributed by atoms with Crippen LogP contribution in [0.1, 0.15) is 0 Å². The quantitative estimate of drug-likeness (QED) is 0.634. The smallest absolute Gasteiger partial charge is 0.246 e. The largest absolute Gasteiger partial charge is 0.299 e. The Hall–Kier alpha value is -2.56. The number of carbonyl (C=O) groups excluding carboxylic acids is 1. The molecule has 2 aromatic carbocycles. The van der Waals surface area contributed by atoms with E-state index in [9.17, 15) is 17.6 Å². The summed E-state index contributed by atoms with van der Waals surface area (Å²) in [6.45, 7) is -0.602. The molecule has 3 aromatic rings. The SMILES string of the molecule is CS(=O)(=O)N(CC(=O)Nc1nnc(-c2ccc(Cl)cc2)s1)c1ccccc1F. The fraction of sp³-hybridized carbons (Fsp3) is 0.118. The summed E-state index contributed by atoms with van der Waals surface area (Å²) in [5.41, 5.74) is 0.561. The number of benzene rings is 2. The van der Waals surface area contributed by atoms with Crippen molar-refractivity contribution >= 4 is 49.7 Å². The van der Waals surface area contributed by atoms with Gasteiger partial charge in [-0.05, 0) is 24.3 Å². The molecule has 3 rings (SSSR count). The first-order valence-electron chi connectivity index (χ1n) is 7.85. The molecule has 0 saturated heterocycles. The van der Waals surface area contributed by atoms with E-state index in [0.717, 1.165) is 29.2 Å². The van der Waals surface area contributed by atoms with Crippen LogP contribution in [-0.2, 0) is 14.8 Å². The van der Waals surface area contributed by atoms with Gasteiger partial charge in [-0.2, -0.15) is 0 Å². The lowest BCUT2D eigenvalue weighted by Crippen LogP contribution is -2.38. The molecule has 0 radical (unpaired) electrons. The Morgan fingerprint density at radius 3 is 2.50 bits per heavy atom. The molecule has 1 N–H and O–H groups in total. The standard InChI is InChI=1S/C17H14ClFN4O3S2/c1-28(25,26)23(14-5-3-2-4-13(14)19)10-15(24)20-17-22-21-16(27-17)11-6-8-12(18)9-7-11/h2-9H,10H2,1H3,(H,20,22,24). The van der Waals surface area contributed by atoms with E-state index in [-0.39, 0.29) is 10.8 Å². The zero-order valence-electron chi connectivity index (χ0n) is 14.5. The van der Waals surface area contributed by atoms with Crippen LogP contribution in [0, 0.1) is 5.82 Å². The van der Waals surface area contributed by atoms with Gasteiger partial charge in [-0.15, -0.1) is 10.2 Å². The molecule has 0 fully saturated rings. The molecule has 0 aliphatic heterocycles. The maximum atomic E-state index is 14.0. The molecule has 0 aliphatic carbocycles. The molecule has 7 nitrogen and oxygen atoms in total. The fourth-order valence-corrected chi connectivity index (χ4v) is 4.06. The van der Waals surface area contributed by atoms with Gasteiger partial charge in [0, 0.05) is 10.6 Å². The summed E-state index contributed by atoms with van der Waals surface area (Å²) in [7, 11) is -3.88. The lowest BCUT2D eigenvalue weighted by molar-refractivity contribution is -0.114. The van der Waals surface area contributed by atoms with Crippen LogP contribution in [0.3, 0.4) is 0 Å². The summed E-state index contributed by atoms with van der Waals surface area (Å²) >= 11 is 6.96. The van der Waals surface area contributed by atoms with E-state index in [4.69, 9.17) is 11.6 Å². The Balaban J connectivity index is 1.75. The van der Waals surface area contributed by atoms with E-state index in [2.05, 4.69) is 15.5 Å². The van der Waals surface area contributed by atoms with Crippen LogP contribution in [0.4, 0.5) is 15.2 Å². The predicted molar refractivity (Wildman–Crippen MR) is 108 cm³/mol. The number of amides is 1. The van der Waals surface area contributed by atoms with Gasteiger partial charge in [0.2, 0.25) is 21.1 Å². The van der Waals surface area contributed by atoms with E-state index in [0.29, 0.717) is 14.3 Å². The lowest BCUT2D eigenvalue weighted by Gasteiger charge is -2.21. The molecule has 11 heteroatoms. The summed E-state index contributed by atoms with van der Waals surface area (Å²) in [4.78, 5) is 12.3. The van der Waals surface area contributed by atoms with Crippen LogP contribution in [-0.4, -0.2) is 37.3 Å². The summed E-state index contributed by atoms with van der Waals surface area (Å²) in [5.74, 6) is -1.42. The van der Waals surface area contributed by atoms with Gasteiger partial charge in [-0.3, -0.25) is 14.4 Å². The van der Waals surface area contributed by atoms with Crippen LogP contribution in [0.15, 0.2) is 48.5 Å². The second-order valence-electron chi connectivity index (χ2n) is 5.69. The summed E-state index contributed by atoms with van der Waals surface area (Å²) < 4.78 is 38.8. The van der Waals surface area contributed by atoms with Crippen LogP contribution >= 0.6 is 22.9 Å². The number of nitrogens with zero attached hydrogens (tertiary/aromatic N) is 3. The molecule has 0 atom stereocenters. The Bertz CT molecular complexity index is 1100. The van der Waals surface area contributed by atoms with Crippen LogP contribution in [0.2, 0.25) is 5.02 Å². The average molecular weight is 441 g/mol. The van der Waals surface area contributed by atoms with Crippen molar-refractivity contribution in [3.05, 3.63) is 59.4 Å². The summed E-state index contributed by atoms with van der Waals surface area (Å²) in [5, 5.41) is 11.7. The third-order valence-corrected chi connectivity index (χ3v) is 5.84. The van der Waals surface area contributed by atoms with Gasteiger partial charge in [-0.25, -0.2) is 12.8 Å². The van der Waals surface area contributed by atoms with Crippen LogP contribution in [0.5, 0.6) is 0 Å². The minimum Gasteiger partial charge on any atom is -0.299 e. The Labute approximate surface area is 169 Å². The number of nitrogens with one attached hydrogen (secondary N) is 1. The highest BCUT2D eigenvalue weighted by molar-refractivity contribution is 7.92. The van der Waals surface area contributed by atoms with E-state index in [1.807, 2.05) is 0 Å². The van der Waals surface area contributed by atoms with Gasteiger partial charge in [-0.1, -0.05) is 47.2 Å². The zero-order valence-corrected chi connectivity index (χ0v) is 16.9. The van der Waals surface area contributed by atoms with Crippen LogP contribution in [0.25, 0.3) is 10.6 Å². The van der Waals surface area contributed by atoms with Gasteiger partial charge < -0.3 is 0 Å². The fourth-order valence-electron chi connectivity index (χ4n) is 2.31. The highest BCUT2D eigenvalue weighted by atomic mass is 35.5. The first kappa shape index (κ1) is 20.2. The summed E-state index contributed by atoms with van der Waals surface area (Å²) in [6.07, 6.45) is 0.899. The highest BCUT2D eigenvalue weighted by Gasteiger charge is 2.24. The third-order valence-electron chi connectivity index (χ3n) is 3.57. The van der Waals surface area contributed by atoms with Gasteiger partial charge in [0.25, 0.3) is 0 Å². The Morgan fingerprint density at radius 1 is 1.18 bits per heavy atom. The first-order chi connectivity index (χ1) is 13.2. The van der Waals surface area contributed by atoms with Gasteiger partial charge in [0.1, 0.15) is 17.4 Å². The Kier molecular flexibility index (Phi) is 5.92. The second-order valence-corrected chi connectivity index (χ2v) is 9.01. The zero-order chi connectivity index (χ0) is 20.3. The number of aromatic nitrogens is 2. The molecular formula is C17H14ClFN4O3S2. The normalized spacial score (nSPS) is 11.2. The van der Waals surface area contributed by atoms with Crippen molar-refractivity contribution in [2.24, 2.45) is 0 Å². The van der Waals surface area contributed by atoms with E-state index in [1.165, 1.54) is 18.2 Å². The highest BCUT2D eigenvalue weighted by Crippen LogP contribution is 2.27. The molecule has 0 bridgehead atoms. The number of halogens is 2.